The van der Waals surface area contributed by atoms with Crippen LogP contribution < -0.4 is 24.8 Å². The Kier molecular flexibility index (Phi) is 15.1. The van der Waals surface area contributed by atoms with Gasteiger partial charge in [0.25, 0.3) is 0 Å². The minimum atomic E-state index is 0. The molecule has 0 amide bonds. The summed E-state index contributed by atoms with van der Waals surface area (Å²) in [7, 11) is 2.02. The first-order valence-electron chi connectivity index (χ1n) is 13.1. The molecule has 178 valence electrons. The van der Waals surface area contributed by atoms with Gasteiger partial charge in [-0.1, -0.05) is 77.0 Å². The minimum Gasteiger partial charge on any atom is -1.00 e. The molecule has 5 fully saturated rings. The van der Waals surface area contributed by atoms with Crippen molar-refractivity contribution in [2.24, 2.45) is 0 Å². The van der Waals surface area contributed by atoms with Crippen LogP contribution >= 0.6 is 29.2 Å². The first-order valence-corrected chi connectivity index (χ1v) is 21.6. The third-order valence-corrected chi connectivity index (χ3v) is 46.6. The van der Waals surface area contributed by atoms with E-state index in [4.69, 9.17) is 0 Å². The standard InChI is InChI=1S/C24H44P4.2ClH.Sb/c1-5-13-21(14-6-1)25-26(22-15-7-2-8-16-22)28(24-19-11-4-12-20-24)27(25)23-17-9-3-10-18-23;;;/h21-24H,1-20H2;2*1H;/q;;;+3/p-2. The van der Waals surface area contributed by atoms with Crippen molar-refractivity contribution in [2.75, 3.05) is 0 Å². The van der Waals surface area contributed by atoms with Crippen molar-refractivity contribution in [1.29, 1.82) is 0 Å². The summed E-state index contributed by atoms with van der Waals surface area (Å²) in [6.45, 7) is 0. The fourth-order valence-corrected chi connectivity index (χ4v) is 58.1. The molecule has 0 spiro atoms. The Morgan fingerprint density at radius 2 is 0.452 bits per heavy atom. The predicted octanol–water partition coefficient (Wildman–Crippen LogP) is 4.55. The molecule has 0 aromatic heterocycles. The van der Waals surface area contributed by atoms with E-state index < -0.39 is 0 Å². The van der Waals surface area contributed by atoms with Crippen molar-refractivity contribution in [3.8, 4) is 0 Å². The molecule has 4 aliphatic carbocycles. The van der Waals surface area contributed by atoms with E-state index in [0.29, 0.717) is 29.2 Å². The molecule has 31 heavy (non-hydrogen) atoms. The number of halogens is 2. The van der Waals surface area contributed by atoms with Crippen LogP contribution in [0.3, 0.4) is 0 Å². The summed E-state index contributed by atoms with van der Waals surface area (Å²) in [5.41, 5.74) is 5.08. The SMILES string of the molecule is C1CCC(P2P(C3CCCCC3)P(C3CCCCC3)P2C2CCCCC2)CC1.[Cl-].[Cl-].[Sb+3]. The molecule has 1 heterocycles. The summed E-state index contributed by atoms with van der Waals surface area (Å²) in [6.07, 6.45) is 32.5. The van der Waals surface area contributed by atoms with E-state index in [2.05, 4.69) is 0 Å². The molecule has 2 radical (unpaired) electrons. The second-order valence-electron chi connectivity index (χ2n) is 10.4. The summed E-state index contributed by atoms with van der Waals surface area (Å²) in [4.78, 5) is 0. The van der Waals surface area contributed by atoms with Crippen LogP contribution in [0.25, 0.3) is 0 Å². The first-order chi connectivity index (χ1) is 13.9. The summed E-state index contributed by atoms with van der Waals surface area (Å²) < 4.78 is 0. The normalized spacial score (nSPS) is 36.4. The Hall–Kier alpha value is 3.12. The van der Waals surface area contributed by atoms with Crippen LogP contribution in [0.15, 0.2) is 0 Å². The van der Waals surface area contributed by atoms with Gasteiger partial charge in [-0.3, -0.25) is 0 Å². The largest absolute Gasteiger partial charge is 3.00 e. The van der Waals surface area contributed by atoms with Gasteiger partial charge < -0.3 is 24.8 Å². The Morgan fingerprint density at radius 1 is 0.290 bits per heavy atom. The molecule has 0 atom stereocenters. The van der Waals surface area contributed by atoms with Gasteiger partial charge in [0.15, 0.2) is 0 Å². The van der Waals surface area contributed by atoms with E-state index in [1.807, 2.05) is 0 Å². The number of hydrogen-bond acceptors (Lipinski definition) is 0. The van der Waals surface area contributed by atoms with Crippen molar-refractivity contribution >= 4 is 53.6 Å². The second kappa shape index (κ2) is 15.4. The zero-order valence-electron chi connectivity index (χ0n) is 19.4. The third-order valence-electron chi connectivity index (χ3n) is 8.44. The predicted molar refractivity (Wildman–Crippen MR) is 141 cm³/mol. The monoisotopic (exact) mass is 647 g/mol. The van der Waals surface area contributed by atoms with Gasteiger partial charge in [-0.2, -0.15) is 0 Å². The van der Waals surface area contributed by atoms with Gasteiger partial charge in [-0.25, -0.2) is 0 Å². The van der Waals surface area contributed by atoms with Crippen LogP contribution in [0.4, 0.5) is 0 Å². The van der Waals surface area contributed by atoms with Crippen molar-refractivity contribution in [1.82, 2.24) is 0 Å². The second-order valence-corrected chi connectivity index (χ2v) is 30.1. The maximum Gasteiger partial charge on any atom is 3.00 e. The van der Waals surface area contributed by atoms with Gasteiger partial charge >= 0.3 is 24.4 Å². The molecular weight excluding hydrogens is 605 g/mol. The average Bonchev–Trinajstić information content (AvgIpc) is 2.76. The maximum absolute atomic E-state index is 1.68. The van der Waals surface area contributed by atoms with Gasteiger partial charge in [0.1, 0.15) is 0 Å². The molecule has 1 aliphatic heterocycles. The summed E-state index contributed by atoms with van der Waals surface area (Å²) in [6, 6.07) is 0. The quantitative estimate of drug-likeness (QED) is 0.310. The first kappa shape index (κ1) is 30.3. The molecule has 0 nitrogen and oxygen atoms in total. The summed E-state index contributed by atoms with van der Waals surface area (Å²) in [5, 5.41) is 0. The van der Waals surface area contributed by atoms with E-state index in [1.165, 1.54) is 22.6 Å². The van der Waals surface area contributed by atoms with E-state index in [0.717, 1.165) is 0 Å². The fourth-order valence-electron chi connectivity index (χ4n) is 6.93. The summed E-state index contributed by atoms with van der Waals surface area (Å²) in [5.74, 6) is 0. The van der Waals surface area contributed by atoms with Gasteiger partial charge in [0, 0.05) is 0 Å². The molecule has 5 rings (SSSR count). The van der Waals surface area contributed by atoms with Crippen LogP contribution in [0.1, 0.15) is 128 Å². The minimum absolute atomic E-state index is 0. The molecule has 1 saturated heterocycles. The molecule has 0 unspecified atom stereocenters. The smallest absolute Gasteiger partial charge is 1.00 e. The van der Waals surface area contributed by atoms with Crippen LogP contribution in [-0.4, -0.2) is 47.1 Å². The maximum atomic E-state index is 1.68. The van der Waals surface area contributed by atoms with Gasteiger partial charge in [-0.15, -0.1) is 0 Å². The Morgan fingerprint density at radius 3 is 0.613 bits per heavy atom. The van der Waals surface area contributed by atoms with E-state index in [9.17, 15) is 0 Å². The summed E-state index contributed by atoms with van der Waals surface area (Å²) >= 11 is 0. The van der Waals surface area contributed by atoms with Gasteiger partial charge in [0.2, 0.25) is 0 Å². The zero-order chi connectivity index (χ0) is 18.8. The third kappa shape index (κ3) is 7.12. The number of rotatable bonds is 4. The van der Waals surface area contributed by atoms with Crippen LogP contribution in [-0.2, 0) is 0 Å². The molecule has 5 aliphatic rings. The molecule has 0 aromatic carbocycles. The van der Waals surface area contributed by atoms with E-state index >= 15 is 0 Å². The van der Waals surface area contributed by atoms with E-state index in [-0.39, 0.29) is 49.2 Å². The molecule has 0 bridgehead atoms. The Labute approximate surface area is 228 Å². The topological polar surface area (TPSA) is 0 Å². The van der Waals surface area contributed by atoms with Crippen LogP contribution in [0, 0.1) is 0 Å². The molecule has 0 N–H and O–H groups in total. The van der Waals surface area contributed by atoms with Gasteiger partial charge in [-0.05, 0) is 103 Å². The molecule has 0 aromatic rings. The Bertz CT molecular complexity index is 394. The van der Waals surface area contributed by atoms with Crippen molar-refractivity contribution in [3.05, 3.63) is 0 Å². The fraction of sp³-hybridized carbons (Fsp3) is 1.00. The Balaban J connectivity index is 0.00000114. The average molecular weight is 649 g/mol. The van der Waals surface area contributed by atoms with Crippen molar-refractivity contribution in [2.45, 2.75) is 151 Å². The molecular formula is C24H44Cl2P4Sb+. The number of hydrogen-bond donors (Lipinski definition) is 0. The van der Waals surface area contributed by atoms with Crippen LogP contribution in [0.5, 0.6) is 0 Å². The van der Waals surface area contributed by atoms with Crippen LogP contribution in [0.2, 0.25) is 0 Å². The van der Waals surface area contributed by atoms with E-state index in [1.54, 1.807) is 128 Å². The van der Waals surface area contributed by atoms with Crippen molar-refractivity contribution in [3.63, 3.8) is 0 Å². The van der Waals surface area contributed by atoms with Crippen molar-refractivity contribution < 1.29 is 24.8 Å². The molecule has 4 saturated carbocycles. The molecule has 7 heteroatoms. The zero-order valence-corrected chi connectivity index (χ0v) is 27.1. The van der Waals surface area contributed by atoms with Gasteiger partial charge in [0.05, 0.1) is 0 Å².